The molecule has 0 fully saturated rings. The summed E-state index contributed by atoms with van der Waals surface area (Å²) in [5.74, 6) is 0.862. The van der Waals surface area contributed by atoms with Gasteiger partial charge in [0.1, 0.15) is 21.7 Å². The predicted octanol–water partition coefficient (Wildman–Crippen LogP) is 3.59. The number of methoxy groups -OCH3 is 1. The summed E-state index contributed by atoms with van der Waals surface area (Å²) in [7, 11) is 1.66. The smallest absolute Gasteiger partial charge is 0.131 e. The highest BCUT2D eigenvalue weighted by Crippen LogP contribution is 2.41. The molecule has 0 saturated heterocycles. The fourth-order valence-electron chi connectivity index (χ4n) is 1.94. The lowest BCUT2D eigenvalue weighted by molar-refractivity contribution is 0.414. The van der Waals surface area contributed by atoms with Crippen LogP contribution in [-0.4, -0.2) is 19.9 Å². The molecule has 0 unspecified atom stereocenters. The van der Waals surface area contributed by atoms with Crippen molar-refractivity contribution >= 4 is 33.8 Å². The number of nitrogen functional groups attached to an aromatic ring is 1. The average Bonchev–Trinajstić information content (AvgIpc) is 2.83. The summed E-state index contributed by atoms with van der Waals surface area (Å²) in [6.45, 7) is 0.796. The number of hydrogen-bond acceptors (Lipinski definition) is 6. The Bertz CT molecular complexity index is 644. The molecule has 2 aromatic rings. The summed E-state index contributed by atoms with van der Waals surface area (Å²) in [6.07, 6.45) is 2.87. The summed E-state index contributed by atoms with van der Waals surface area (Å²) >= 11 is 2.98. The van der Waals surface area contributed by atoms with Crippen molar-refractivity contribution in [1.29, 1.82) is 5.26 Å². The zero-order valence-electron chi connectivity index (χ0n) is 12.0. The second-order valence-corrected chi connectivity index (χ2v) is 6.18. The predicted molar refractivity (Wildman–Crippen MR) is 90.4 cm³/mol. The van der Waals surface area contributed by atoms with Crippen molar-refractivity contribution in [3.05, 3.63) is 34.7 Å². The molecule has 0 spiro atoms. The molecule has 0 amide bonds. The lowest BCUT2D eigenvalue weighted by atomic mass is 10.1. The van der Waals surface area contributed by atoms with Gasteiger partial charge in [-0.2, -0.15) is 5.26 Å². The number of nitriles is 1. The lowest BCUT2D eigenvalue weighted by Crippen LogP contribution is -2.04. The van der Waals surface area contributed by atoms with Crippen LogP contribution < -0.4 is 15.8 Å². The van der Waals surface area contributed by atoms with Gasteiger partial charge in [0.25, 0.3) is 0 Å². The van der Waals surface area contributed by atoms with E-state index in [4.69, 9.17) is 15.7 Å². The highest BCUT2D eigenvalue weighted by molar-refractivity contribution is 7.99. The summed E-state index contributed by atoms with van der Waals surface area (Å²) < 4.78 is 5.14. The van der Waals surface area contributed by atoms with Crippen LogP contribution >= 0.6 is 23.1 Å². The van der Waals surface area contributed by atoms with Crippen molar-refractivity contribution in [3.8, 4) is 11.8 Å². The molecule has 0 aliphatic rings. The Morgan fingerprint density at radius 3 is 2.67 bits per heavy atom. The van der Waals surface area contributed by atoms with E-state index in [1.165, 1.54) is 16.9 Å². The van der Waals surface area contributed by atoms with Gasteiger partial charge in [-0.25, -0.2) is 0 Å². The number of nitrogens with zero attached hydrogens (tertiary/aromatic N) is 1. The maximum absolute atomic E-state index is 9.04. The topological polar surface area (TPSA) is 71.1 Å². The van der Waals surface area contributed by atoms with E-state index in [2.05, 4.69) is 23.5 Å². The average molecular weight is 319 g/mol. The number of thiophene rings is 1. The van der Waals surface area contributed by atoms with Crippen molar-refractivity contribution in [3.63, 3.8) is 0 Å². The van der Waals surface area contributed by atoms with Crippen LogP contribution in [0.3, 0.4) is 0 Å². The molecular formula is C15H17N3OS2. The van der Waals surface area contributed by atoms with Crippen LogP contribution in [-0.2, 0) is 6.42 Å². The van der Waals surface area contributed by atoms with Crippen molar-refractivity contribution in [2.24, 2.45) is 0 Å². The van der Waals surface area contributed by atoms with Crippen LogP contribution in [0.5, 0.6) is 5.75 Å². The first-order valence-electron chi connectivity index (χ1n) is 6.42. The van der Waals surface area contributed by atoms with Gasteiger partial charge in [0.15, 0.2) is 0 Å². The Balaban J connectivity index is 1.98. The minimum absolute atomic E-state index is 0.575. The molecule has 3 N–H and O–H groups in total. The fourth-order valence-corrected chi connectivity index (χ4v) is 3.80. The Hall–Kier alpha value is -1.84. The molecule has 1 aromatic heterocycles. The van der Waals surface area contributed by atoms with Gasteiger partial charge in [-0.05, 0) is 30.4 Å². The van der Waals surface area contributed by atoms with Gasteiger partial charge >= 0.3 is 0 Å². The molecular weight excluding hydrogens is 302 g/mol. The summed E-state index contributed by atoms with van der Waals surface area (Å²) in [5, 5.41) is 13.4. The second kappa shape index (κ2) is 7.25. The molecule has 1 aromatic carbocycles. The van der Waals surface area contributed by atoms with E-state index in [0.717, 1.165) is 28.6 Å². The van der Waals surface area contributed by atoms with Gasteiger partial charge in [0.05, 0.1) is 17.7 Å². The Labute approximate surface area is 132 Å². The molecule has 1 heterocycles. The van der Waals surface area contributed by atoms with E-state index in [1.807, 2.05) is 18.4 Å². The summed E-state index contributed by atoms with van der Waals surface area (Å²) in [6, 6.07) is 10.2. The molecule has 0 atom stereocenters. The molecule has 110 valence electrons. The third-order valence-electron chi connectivity index (χ3n) is 3.06. The van der Waals surface area contributed by atoms with E-state index in [1.54, 1.807) is 18.9 Å². The number of hydrogen-bond donors (Lipinski definition) is 2. The first kappa shape index (κ1) is 15.5. The van der Waals surface area contributed by atoms with Gasteiger partial charge < -0.3 is 15.8 Å². The van der Waals surface area contributed by atoms with Crippen LogP contribution in [0.15, 0.2) is 29.2 Å². The number of benzene rings is 1. The van der Waals surface area contributed by atoms with Crippen molar-refractivity contribution in [2.75, 3.05) is 31.0 Å². The van der Waals surface area contributed by atoms with Crippen LogP contribution in [0.2, 0.25) is 0 Å². The largest absolute Gasteiger partial charge is 0.497 e. The van der Waals surface area contributed by atoms with Crippen LogP contribution in [0, 0.1) is 11.3 Å². The first-order valence-corrected chi connectivity index (χ1v) is 8.46. The molecule has 4 nitrogen and oxygen atoms in total. The number of nitrogens with two attached hydrogens (primary N) is 1. The van der Waals surface area contributed by atoms with Crippen molar-refractivity contribution in [1.82, 2.24) is 0 Å². The molecule has 21 heavy (non-hydrogen) atoms. The number of rotatable bonds is 6. The third-order valence-corrected chi connectivity index (χ3v) is 5.09. The zero-order valence-corrected chi connectivity index (χ0v) is 13.6. The number of ether oxygens (including phenoxy) is 1. The van der Waals surface area contributed by atoms with E-state index >= 15 is 0 Å². The normalized spacial score (nSPS) is 10.1. The highest BCUT2D eigenvalue weighted by atomic mass is 32.2. The van der Waals surface area contributed by atoms with E-state index < -0.39 is 0 Å². The summed E-state index contributed by atoms with van der Waals surface area (Å²) in [5.41, 5.74) is 7.77. The van der Waals surface area contributed by atoms with E-state index in [-0.39, 0.29) is 0 Å². The minimum Gasteiger partial charge on any atom is -0.497 e. The number of nitrogens with one attached hydrogen (secondary N) is 1. The Morgan fingerprint density at radius 2 is 2.10 bits per heavy atom. The maximum atomic E-state index is 9.04. The molecule has 0 bridgehead atoms. The Kier molecular flexibility index (Phi) is 5.37. The molecule has 2 rings (SSSR count). The molecule has 0 aliphatic heterocycles. The Morgan fingerprint density at radius 1 is 1.38 bits per heavy atom. The van der Waals surface area contributed by atoms with Gasteiger partial charge in [0.2, 0.25) is 0 Å². The van der Waals surface area contributed by atoms with E-state index in [0.29, 0.717) is 10.6 Å². The zero-order chi connectivity index (χ0) is 15.2. The van der Waals surface area contributed by atoms with Gasteiger partial charge in [0, 0.05) is 6.54 Å². The van der Waals surface area contributed by atoms with Gasteiger partial charge in [-0.3, -0.25) is 0 Å². The molecule has 0 saturated carbocycles. The van der Waals surface area contributed by atoms with Crippen molar-refractivity contribution < 1.29 is 4.74 Å². The number of thioether (sulfide) groups is 1. The van der Waals surface area contributed by atoms with Crippen molar-refractivity contribution in [2.45, 2.75) is 11.3 Å². The third kappa shape index (κ3) is 3.63. The quantitative estimate of drug-likeness (QED) is 0.796. The first-order chi connectivity index (χ1) is 10.2. The molecule has 0 radical (unpaired) electrons. The molecule has 6 heteroatoms. The minimum atomic E-state index is 0.575. The van der Waals surface area contributed by atoms with Crippen LogP contribution in [0.25, 0.3) is 0 Å². The monoisotopic (exact) mass is 319 g/mol. The maximum Gasteiger partial charge on any atom is 0.131 e. The highest BCUT2D eigenvalue weighted by Gasteiger charge is 2.14. The summed E-state index contributed by atoms with van der Waals surface area (Å²) in [4.78, 5) is 1.54. The van der Waals surface area contributed by atoms with Crippen LogP contribution in [0.1, 0.15) is 10.4 Å². The number of anilines is 2. The lowest BCUT2D eigenvalue weighted by Gasteiger charge is -2.07. The van der Waals surface area contributed by atoms with Gasteiger partial charge in [-0.1, -0.05) is 12.1 Å². The second-order valence-electron chi connectivity index (χ2n) is 4.34. The van der Waals surface area contributed by atoms with Gasteiger partial charge in [-0.15, -0.1) is 23.1 Å². The standard InChI is InChI=1S/C15H17N3OS2/c1-19-11-5-3-10(4-6-11)7-8-18-15-14(20-2)13(17)12(9-16)21-15/h3-6,18H,7-8,17H2,1-2H3. The van der Waals surface area contributed by atoms with Crippen LogP contribution in [0.4, 0.5) is 10.7 Å². The van der Waals surface area contributed by atoms with E-state index in [9.17, 15) is 0 Å². The SMILES string of the molecule is COc1ccc(CCNc2sc(C#N)c(N)c2SC)cc1. The molecule has 0 aliphatic carbocycles. The fraction of sp³-hybridized carbons (Fsp3) is 0.267.